The lowest BCUT2D eigenvalue weighted by atomic mass is 10.0. The van der Waals surface area contributed by atoms with Crippen LogP contribution in [-0.4, -0.2) is 37.2 Å². The second-order valence-corrected chi connectivity index (χ2v) is 7.92. The maximum Gasteiger partial charge on any atom is 0.220 e. The van der Waals surface area contributed by atoms with E-state index in [4.69, 9.17) is 0 Å². The van der Waals surface area contributed by atoms with Gasteiger partial charge in [0.25, 0.3) is 0 Å². The van der Waals surface area contributed by atoms with Gasteiger partial charge in [-0.1, -0.05) is 30.3 Å². The number of benzene rings is 1. The molecule has 0 radical (unpaired) electrons. The Morgan fingerprint density at radius 3 is 2.43 bits per heavy atom. The molecule has 1 aromatic carbocycles. The number of sulfone groups is 1. The molecule has 1 aliphatic heterocycles. The van der Waals surface area contributed by atoms with Crippen molar-refractivity contribution in [1.29, 1.82) is 0 Å². The van der Waals surface area contributed by atoms with E-state index in [0.717, 1.165) is 0 Å². The second-order valence-electron chi connectivity index (χ2n) is 5.74. The molecule has 1 fully saturated rings. The van der Waals surface area contributed by atoms with Gasteiger partial charge in [-0.3, -0.25) is 9.59 Å². The van der Waals surface area contributed by atoms with Crippen molar-refractivity contribution < 1.29 is 18.0 Å². The Hall–Kier alpha value is -1.69. The second kappa shape index (κ2) is 5.97. The van der Waals surface area contributed by atoms with Crippen LogP contribution in [0.3, 0.4) is 0 Å². The zero-order chi connectivity index (χ0) is 15.5. The Labute approximate surface area is 124 Å². The third-order valence-corrected chi connectivity index (χ3v) is 5.52. The van der Waals surface area contributed by atoms with Crippen LogP contribution in [0.1, 0.15) is 36.5 Å². The summed E-state index contributed by atoms with van der Waals surface area (Å²) in [5.41, 5.74) is -0.119. The van der Waals surface area contributed by atoms with E-state index in [9.17, 15) is 18.0 Å². The number of amides is 1. The average Bonchev–Trinajstić information content (AvgIpc) is 2.70. The minimum absolute atomic E-state index is 0.0294. The van der Waals surface area contributed by atoms with Crippen molar-refractivity contribution in [3.63, 3.8) is 0 Å². The molecule has 0 spiro atoms. The third kappa shape index (κ3) is 4.39. The highest BCUT2D eigenvalue weighted by Crippen LogP contribution is 2.23. The summed E-state index contributed by atoms with van der Waals surface area (Å²) in [6.07, 6.45) is 0.621. The SMILES string of the molecule is CC1(NC(=O)CCC(=O)c2ccccc2)CCS(=O)(=O)C1. The summed E-state index contributed by atoms with van der Waals surface area (Å²) < 4.78 is 22.9. The van der Waals surface area contributed by atoms with Gasteiger partial charge in [0.1, 0.15) is 0 Å². The summed E-state index contributed by atoms with van der Waals surface area (Å²) in [5.74, 6) is -0.292. The number of carbonyl (C=O) groups excluding carboxylic acids is 2. The Kier molecular flexibility index (Phi) is 4.46. The topological polar surface area (TPSA) is 80.3 Å². The van der Waals surface area contributed by atoms with Crippen molar-refractivity contribution in [2.75, 3.05) is 11.5 Å². The van der Waals surface area contributed by atoms with Crippen molar-refractivity contribution in [3.05, 3.63) is 35.9 Å². The summed E-state index contributed by atoms with van der Waals surface area (Å²) in [6.45, 7) is 1.73. The molecule has 1 aromatic rings. The van der Waals surface area contributed by atoms with Gasteiger partial charge in [0.05, 0.1) is 17.0 Å². The molecule has 1 saturated heterocycles. The highest BCUT2D eigenvalue weighted by molar-refractivity contribution is 7.91. The first kappa shape index (κ1) is 15.7. The molecule has 6 heteroatoms. The fourth-order valence-electron chi connectivity index (χ4n) is 2.50. The van der Waals surface area contributed by atoms with E-state index < -0.39 is 15.4 Å². The van der Waals surface area contributed by atoms with E-state index in [0.29, 0.717) is 12.0 Å². The van der Waals surface area contributed by atoms with E-state index in [-0.39, 0.29) is 36.0 Å². The van der Waals surface area contributed by atoms with Gasteiger partial charge in [-0.15, -0.1) is 0 Å². The maximum absolute atomic E-state index is 11.9. The van der Waals surface area contributed by atoms with E-state index in [1.54, 1.807) is 31.2 Å². The minimum atomic E-state index is -3.06. The van der Waals surface area contributed by atoms with Gasteiger partial charge in [-0.25, -0.2) is 8.42 Å². The van der Waals surface area contributed by atoms with Crippen LogP contribution in [0, 0.1) is 0 Å². The van der Waals surface area contributed by atoms with Crippen LogP contribution in [0.25, 0.3) is 0 Å². The normalized spacial score (nSPS) is 23.7. The Morgan fingerprint density at radius 1 is 1.19 bits per heavy atom. The van der Waals surface area contributed by atoms with Crippen LogP contribution < -0.4 is 5.32 Å². The number of nitrogens with one attached hydrogen (secondary N) is 1. The molecule has 1 aliphatic rings. The molecule has 0 aromatic heterocycles. The quantitative estimate of drug-likeness (QED) is 0.832. The number of Topliss-reactive ketones (excluding diaryl/α,β-unsaturated/α-hetero) is 1. The van der Waals surface area contributed by atoms with Crippen LogP contribution in [0.2, 0.25) is 0 Å². The molecule has 1 N–H and O–H groups in total. The lowest BCUT2D eigenvalue weighted by Crippen LogP contribution is -2.46. The van der Waals surface area contributed by atoms with Gasteiger partial charge in [0.2, 0.25) is 5.91 Å². The lowest BCUT2D eigenvalue weighted by Gasteiger charge is -2.23. The highest BCUT2D eigenvalue weighted by atomic mass is 32.2. The molecule has 1 heterocycles. The van der Waals surface area contributed by atoms with Gasteiger partial charge in [0, 0.05) is 18.4 Å². The van der Waals surface area contributed by atoms with E-state index in [1.807, 2.05) is 6.07 Å². The fraction of sp³-hybridized carbons (Fsp3) is 0.467. The number of rotatable bonds is 5. The van der Waals surface area contributed by atoms with Crippen LogP contribution in [-0.2, 0) is 14.6 Å². The molecule has 0 bridgehead atoms. The minimum Gasteiger partial charge on any atom is -0.350 e. The summed E-state index contributed by atoms with van der Waals surface area (Å²) in [7, 11) is -3.06. The summed E-state index contributed by atoms with van der Waals surface area (Å²) in [4.78, 5) is 23.8. The Bertz CT molecular complexity index is 639. The van der Waals surface area contributed by atoms with Gasteiger partial charge < -0.3 is 5.32 Å². The largest absolute Gasteiger partial charge is 0.350 e. The monoisotopic (exact) mass is 309 g/mol. The summed E-state index contributed by atoms with van der Waals surface area (Å²) >= 11 is 0. The first-order valence-electron chi connectivity index (χ1n) is 6.89. The average molecular weight is 309 g/mol. The third-order valence-electron chi connectivity index (χ3n) is 3.62. The predicted molar refractivity (Wildman–Crippen MR) is 79.8 cm³/mol. The van der Waals surface area contributed by atoms with Crippen LogP contribution in [0.5, 0.6) is 0 Å². The molecule has 5 nitrogen and oxygen atoms in total. The molecule has 114 valence electrons. The summed E-state index contributed by atoms with van der Waals surface area (Å²) in [5, 5.41) is 2.75. The summed E-state index contributed by atoms with van der Waals surface area (Å²) in [6, 6.07) is 8.80. The van der Waals surface area contributed by atoms with Gasteiger partial charge in [0.15, 0.2) is 15.6 Å². The van der Waals surface area contributed by atoms with Crippen molar-refractivity contribution in [1.82, 2.24) is 5.32 Å². The van der Waals surface area contributed by atoms with E-state index in [1.165, 1.54) is 0 Å². The molecule has 1 amide bonds. The standard InChI is InChI=1S/C15H19NO4S/c1-15(9-10-21(19,20)11-15)16-14(18)8-7-13(17)12-5-3-2-4-6-12/h2-6H,7-11H2,1H3,(H,16,18). The molecule has 0 saturated carbocycles. The molecular weight excluding hydrogens is 290 g/mol. The van der Waals surface area contributed by atoms with Crippen LogP contribution >= 0.6 is 0 Å². The number of hydrogen-bond acceptors (Lipinski definition) is 4. The van der Waals surface area contributed by atoms with Gasteiger partial charge in [-0.05, 0) is 13.3 Å². The van der Waals surface area contributed by atoms with E-state index >= 15 is 0 Å². The Morgan fingerprint density at radius 2 is 1.86 bits per heavy atom. The van der Waals surface area contributed by atoms with Crippen molar-refractivity contribution in [2.24, 2.45) is 0 Å². The maximum atomic E-state index is 11.9. The highest BCUT2D eigenvalue weighted by Gasteiger charge is 2.39. The first-order chi connectivity index (χ1) is 9.80. The van der Waals surface area contributed by atoms with Crippen molar-refractivity contribution in [3.8, 4) is 0 Å². The number of ketones is 1. The smallest absolute Gasteiger partial charge is 0.220 e. The Balaban J connectivity index is 1.85. The van der Waals surface area contributed by atoms with Crippen LogP contribution in [0.15, 0.2) is 30.3 Å². The first-order valence-corrected chi connectivity index (χ1v) is 8.72. The fourth-order valence-corrected chi connectivity index (χ4v) is 4.60. The number of carbonyl (C=O) groups is 2. The van der Waals surface area contributed by atoms with Crippen molar-refractivity contribution >= 4 is 21.5 Å². The predicted octanol–water partition coefficient (Wildman–Crippen LogP) is 1.34. The van der Waals surface area contributed by atoms with Crippen LogP contribution in [0.4, 0.5) is 0 Å². The lowest BCUT2D eigenvalue weighted by molar-refractivity contribution is -0.122. The molecule has 2 rings (SSSR count). The zero-order valence-electron chi connectivity index (χ0n) is 12.0. The molecule has 0 aliphatic carbocycles. The molecular formula is C15H19NO4S. The van der Waals surface area contributed by atoms with E-state index in [2.05, 4.69) is 5.32 Å². The number of hydrogen-bond donors (Lipinski definition) is 1. The zero-order valence-corrected chi connectivity index (χ0v) is 12.8. The van der Waals surface area contributed by atoms with Gasteiger partial charge in [-0.2, -0.15) is 0 Å². The molecule has 21 heavy (non-hydrogen) atoms. The molecule has 1 atom stereocenters. The molecule has 1 unspecified atom stereocenters. The van der Waals surface area contributed by atoms with Gasteiger partial charge >= 0.3 is 0 Å². The van der Waals surface area contributed by atoms with Crippen molar-refractivity contribution in [2.45, 2.75) is 31.7 Å².